The highest BCUT2D eigenvalue weighted by Crippen LogP contribution is 2.17. The van der Waals surface area contributed by atoms with E-state index in [0.29, 0.717) is 18.7 Å². The van der Waals surface area contributed by atoms with Crippen molar-refractivity contribution in [3.05, 3.63) is 48.7 Å². The minimum absolute atomic E-state index is 0.0683. The number of aromatic nitrogens is 4. The average Bonchev–Trinajstić information content (AvgIpc) is 3.15. The Bertz CT molecular complexity index is 745. The number of benzene rings is 1. The quantitative estimate of drug-likeness (QED) is 0.775. The number of aryl methyl sites for hydroxylation is 1. The third-order valence-corrected chi connectivity index (χ3v) is 3.47. The minimum Gasteiger partial charge on any atom is -0.350 e. The van der Waals surface area contributed by atoms with Crippen molar-refractivity contribution in [3.63, 3.8) is 0 Å². The Kier molecular flexibility index (Phi) is 3.68. The van der Waals surface area contributed by atoms with Crippen molar-refractivity contribution in [1.29, 1.82) is 0 Å². The lowest BCUT2D eigenvalue weighted by atomic mass is 10.1. The highest BCUT2D eigenvalue weighted by Gasteiger charge is 2.07. The Morgan fingerprint density at radius 1 is 1.33 bits per heavy atom. The largest absolute Gasteiger partial charge is 0.350 e. The maximum atomic E-state index is 12.1. The standard InChI is InChI=1S/C15H17N5O/c1-2-19-7-5-12-9-13(3-4-14(12)19)15(21)17-6-8-20-11-16-10-18-20/h3-5,7,9-11H,2,6,8H2,1H3,(H,17,21). The fraction of sp³-hybridized carbons (Fsp3) is 0.267. The van der Waals surface area contributed by atoms with Gasteiger partial charge in [0.25, 0.3) is 5.91 Å². The molecule has 2 aromatic heterocycles. The molecule has 0 bridgehead atoms. The summed E-state index contributed by atoms with van der Waals surface area (Å²) < 4.78 is 3.84. The highest BCUT2D eigenvalue weighted by molar-refractivity contribution is 5.98. The molecule has 0 spiro atoms. The average molecular weight is 283 g/mol. The van der Waals surface area contributed by atoms with E-state index in [4.69, 9.17) is 0 Å². The fourth-order valence-electron chi connectivity index (χ4n) is 2.35. The zero-order valence-corrected chi connectivity index (χ0v) is 11.9. The zero-order chi connectivity index (χ0) is 14.7. The predicted octanol–water partition coefficient (Wildman–Crippen LogP) is 1.68. The number of nitrogens with one attached hydrogen (secondary N) is 1. The monoisotopic (exact) mass is 283 g/mol. The molecule has 6 nitrogen and oxygen atoms in total. The lowest BCUT2D eigenvalue weighted by molar-refractivity contribution is 0.0952. The van der Waals surface area contributed by atoms with Crippen molar-refractivity contribution >= 4 is 16.8 Å². The molecule has 3 aromatic rings. The molecule has 3 rings (SSSR count). The molecule has 0 atom stereocenters. The van der Waals surface area contributed by atoms with Crippen LogP contribution in [0.25, 0.3) is 10.9 Å². The fourth-order valence-corrected chi connectivity index (χ4v) is 2.35. The van der Waals surface area contributed by atoms with Gasteiger partial charge >= 0.3 is 0 Å². The van der Waals surface area contributed by atoms with Crippen LogP contribution in [0, 0.1) is 0 Å². The maximum Gasteiger partial charge on any atom is 0.251 e. The van der Waals surface area contributed by atoms with E-state index >= 15 is 0 Å². The van der Waals surface area contributed by atoms with Gasteiger partial charge in [0.15, 0.2) is 0 Å². The Morgan fingerprint density at radius 3 is 3.00 bits per heavy atom. The topological polar surface area (TPSA) is 64.7 Å². The van der Waals surface area contributed by atoms with E-state index in [2.05, 4.69) is 26.9 Å². The molecule has 0 aliphatic rings. The van der Waals surface area contributed by atoms with Gasteiger partial charge in [-0.05, 0) is 31.2 Å². The van der Waals surface area contributed by atoms with Crippen LogP contribution in [-0.2, 0) is 13.1 Å². The number of carbonyl (C=O) groups excluding carboxylic acids is 1. The third-order valence-electron chi connectivity index (χ3n) is 3.47. The van der Waals surface area contributed by atoms with E-state index in [1.807, 2.05) is 30.5 Å². The van der Waals surface area contributed by atoms with E-state index in [9.17, 15) is 4.79 Å². The second-order valence-corrected chi connectivity index (χ2v) is 4.79. The molecule has 2 heterocycles. The molecule has 1 N–H and O–H groups in total. The highest BCUT2D eigenvalue weighted by atomic mass is 16.1. The Morgan fingerprint density at radius 2 is 2.24 bits per heavy atom. The van der Waals surface area contributed by atoms with Crippen LogP contribution < -0.4 is 5.32 Å². The van der Waals surface area contributed by atoms with Gasteiger partial charge in [0, 0.05) is 35.8 Å². The Labute approximate surface area is 122 Å². The molecule has 0 saturated carbocycles. The van der Waals surface area contributed by atoms with Gasteiger partial charge in [-0.3, -0.25) is 9.48 Å². The first-order chi connectivity index (χ1) is 10.3. The van der Waals surface area contributed by atoms with Crippen molar-refractivity contribution in [2.45, 2.75) is 20.0 Å². The molecular formula is C15H17N5O. The summed E-state index contributed by atoms with van der Waals surface area (Å²) in [5, 5.41) is 7.96. The zero-order valence-electron chi connectivity index (χ0n) is 11.9. The van der Waals surface area contributed by atoms with Gasteiger partial charge in [-0.25, -0.2) is 4.98 Å². The summed E-state index contributed by atoms with van der Waals surface area (Å²) in [6.45, 7) is 4.16. The molecule has 0 fully saturated rings. The van der Waals surface area contributed by atoms with Crippen molar-refractivity contribution in [3.8, 4) is 0 Å². The van der Waals surface area contributed by atoms with Gasteiger partial charge in [-0.2, -0.15) is 5.10 Å². The first kappa shape index (κ1) is 13.4. The normalized spacial score (nSPS) is 10.9. The van der Waals surface area contributed by atoms with Crippen molar-refractivity contribution in [2.24, 2.45) is 0 Å². The van der Waals surface area contributed by atoms with Crippen LogP contribution in [-0.4, -0.2) is 31.8 Å². The lowest BCUT2D eigenvalue weighted by Gasteiger charge is -2.06. The number of fused-ring (bicyclic) bond motifs is 1. The summed E-state index contributed by atoms with van der Waals surface area (Å²) >= 11 is 0. The maximum absolute atomic E-state index is 12.1. The molecule has 0 aliphatic heterocycles. The van der Waals surface area contributed by atoms with Crippen LogP contribution in [0.15, 0.2) is 43.1 Å². The number of amides is 1. The molecule has 0 radical (unpaired) electrons. The minimum atomic E-state index is -0.0683. The van der Waals surface area contributed by atoms with Gasteiger partial charge in [-0.15, -0.1) is 0 Å². The summed E-state index contributed by atoms with van der Waals surface area (Å²) in [5.74, 6) is -0.0683. The summed E-state index contributed by atoms with van der Waals surface area (Å²) in [4.78, 5) is 16.0. The van der Waals surface area contributed by atoms with Crippen LogP contribution in [0.2, 0.25) is 0 Å². The molecule has 1 aromatic carbocycles. The third kappa shape index (κ3) is 2.79. The Balaban J connectivity index is 1.66. The molecule has 1 amide bonds. The first-order valence-corrected chi connectivity index (χ1v) is 6.97. The van der Waals surface area contributed by atoms with Crippen LogP contribution in [0.1, 0.15) is 17.3 Å². The van der Waals surface area contributed by atoms with E-state index < -0.39 is 0 Å². The summed E-state index contributed by atoms with van der Waals surface area (Å²) in [6, 6.07) is 7.81. The van der Waals surface area contributed by atoms with Gasteiger partial charge in [0.1, 0.15) is 12.7 Å². The smallest absolute Gasteiger partial charge is 0.251 e. The molecule has 0 saturated heterocycles. The van der Waals surface area contributed by atoms with E-state index in [0.717, 1.165) is 17.4 Å². The van der Waals surface area contributed by atoms with Crippen molar-refractivity contribution in [2.75, 3.05) is 6.54 Å². The lowest BCUT2D eigenvalue weighted by Crippen LogP contribution is -2.27. The summed E-state index contributed by atoms with van der Waals surface area (Å²) in [6.07, 6.45) is 5.15. The molecule has 6 heteroatoms. The molecule has 108 valence electrons. The number of nitrogens with zero attached hydrogens (tertiary/aromatic N) is 4. The van der Waals surface area contributed by atoms with Gasteiger partial charge in [-0.1, -0.05) is 0 Å². The van der Waals surface area contributed by atoms with Gasteiger partial charge < -0.3 is 9.88 Å². The second-order valence-electron chi connectivity index (χ2n) is 4.79. The number of hydrogen-bond acceptors (Lipinski definition) is 3. The second kappa shape index (κ2) is 5.78. The Hall–Kier alpha value is -2.63. The van der Waals surface area contributed by atoms with Gasteiger partial charge in [0.05, 0.1) is 6.54 Å². The van der Waals surface area contributed by atoms with E-state index in [1.165, 1.54) is 6.33 Å². The molecule has 21 heavy (non-hydrogen) atoms. The summed E-state index contributed by atoms with van der Waals surface area (Å²) in [7, 11) is 0. The van der Waals surface area contributed by atoms with Crippen LogP contribution in [0.5, 0.6) is 0 Å². The first-order valence-electron chi connectivity index (χ1n) is 6.97. The molecular weight excluding hydrogens is 266 g/mol. The van der Waals surface area contributed by atoms with Crippen LogP contribution in [0.3, 0.4) is 0 Å². The van der Waals surface area contributed by atoms with Crippen LogP contribution >= 0.6 is 0 Å². The summed E-state index contributed by atoms with van der Waals surface area (Å²) in [5.41, 5.74) is 1.83. The predicted molar refractivity (Wildman–Crippen MR) is 80.0 cm³/mol. The van der Waals surface area contributed by atoms with Crippen molar-refractivity contribution < 1.29 is 4.79 Å². The SMILES string of the molecule is CCn1ccc2cc(C(=O)NCCn3cncn3)ccc21. The van der Waals surface area contributed by atoms with E-state index in [1.54, 1.807) is 11.0 Å². The molecule has 0 unspecified atom stereocenters. The van der Waals surface area contributed by atoms with Gasteiger partial charge in [0.2, 0.25) is 0 Å². The molecule has 0 aliphatic carbocycles. The van der Waals surface area contributed by atoms with Crippen molar-refractivity contribution in [1.82, 2.24) is 24.6 Å². The number of rotatable bonds is 5. The van der Waals surface area contributed by atoms with Crippen LogP contribution in [0.4, 0.5) is 0 Å². The van der Waals surface area contributed by atoms with E-state index in [-0.39, 0.29) is 5.91 Å². The number of hydrogen-bond donors (Lipinski definition) is 1. The number of carbonyl (C=O) groups is 1.